The molecular weight excluding hydrogens is 276 g/mol. The molecule has 0 aliphatic heterocycles. The van der Waals surface area contributed by atoms with Crippen molar-refractivity contribution in [3.63, 3.8) is 0 Å². The van der Waals surface area contributed by atoms with E-state index in [9.17, 15) is 9.90 Å². The third-order valence-electron chi connectivity index (χ3n) is 3.68. The molecule has 6 heteroatoms. The minimum Gasteiger partial charge on any atom is -0.496 e. The summed E-state index contributed by atoms with van der Waals surface area (Å²) in [6, 6.07) is 5.60. The largest absolute Gasteiger partial charge is 0.496 e. The molecule has 20 heavy (non-hydrogen) atoms. The van der Waals surface area contributed by atoms with Gasteiger partial charge in [-0.1, -0.05) is 6.07 Å². The minimum absolute atomic E-state index is 0.0349. The number of ether oxygens (including phenoxy) is 1. The lowest BCUT2D eigenvalue weighted by molar-refractivity contribution is 0.0912. The number of hydrogen-bond acceptors (Lipinski definition) is 5. The number of aliphatic hydroxyl groups excluding tert-OH is 1. The minimum atomic E-state index is -0.441. The van der Waals surface area contributed by atoms with Gasteiger partial charge in [-0.05, 0) is 25.0 Å². The van der Waals surface area contributed by atoms with E-state index < -0.39 is 5.54 Å². The molecule has 1 aromatic carbocycles. The lowest BCUT2D eigenvalue weighted by atomic mass is 10.2. The van der Waals surface area contributed by atoms with E-state index in [0.29, 0.717) is 16.3 Å². The predicted molar refractivity (Wildman–Crippen MR) is 79.3 cm³/mol. The number of benzene rings is 1. The van der Waals surface area contributed by atoms with Gasteiger partial charge < -0.3 is 20.9 Å². The number of nitrogen functional groups attached to an aromatic ring is 1. The smallest absolute Gasteiger partial charge is 0.264 e. The van der Waals surface area contributed by atoms with Gasteiger partial charge in [-0.25, -0.2) is 0 Å². The van der Waals surface area contributed by atoms with Crippen LogP contribution in [0, 0.1) is 0 Å². The number of carbonyl (C=O) groups excluding carboxylic acids is 1. The van der Waals surface area contributed by atoms with Crippen LogP contribution < -0.4 is 15.8 Å². The van der Waals surface area contributed by atoms with E-state index in [4.69, 9.17) is 10.5 Å². The molecule has 0 unspecified atom stereocenters. The Morgan fingerprint density at radius 1 is 1.55 bits per heavy atom. The molecule has 0 saturated heterocycles. The molecule has 4 N–H and O–H groups in total. The molecule has 3 rings (SSSR count). The number of aliphatic hydroxyl groups is 1. The Morgan fingerprint density at radius 2 is 2.30 bits per heavy atom. The van der Waals surface area contributed by atoms with Crippen LogP contribution in [0.2, 0.25) is 0 Å². The Labute approximate surface area is 120 Å². The Hall–Kier alpha value is -1.79. The predicted octanol–water partition coefficient (Wildman–Crippen LogP) is 1.75. The van der Waals surface area contributed by atoms with Crippen molar-refractivity contribution in [2.75, 3.05) is 19.5 Å². The summed E-state index contributed by atoms with van der Waals surface area (Å²) in [6.07, 6.45) is 1.62. The number of nitrogens with two attached hydrogens (primary N) is 1. The number of methoxy groups -OCH3 is 1. The maximum absolute atomic E-state index is 12.3. The van der Waals surface area contributed by atoms with Crippen molar-refractivity contribution in [1.29, 1.82) is 0 Å². The molecule has 2 aromatic rings. The summed E-state index contributed by atoms with van der Waals surface area (Å²) < 4.78 is 6.21. The molecule has 0 radical (unpaired) electrons. The zero-order chi connectivity index (χ0) is 14.3. The van der Waals surface area contributed by atoms with Crippen LogP contribution in [-0.2, 0) is 0 Å². The highest BCUT2D eigenvalue weighted by Gasteiger charge is 2.44. The van der Waals surface area contributed by atoms with Gasteiger partial charge >= 0.3 is 0 Å². The Bertz CT molecular complexity index is 676. The van der Waals surface area contributed by atoms with Crippen molar-refractivity contribution < 1.29 is 14.6 Å². The first-order chi connectivity index (χ1) is 9.60. The SMILES string of the molecule is COc1cccc2sc(C(=O)NC3(CO)CC3)c(N)c12. The summed E-state index contributed by atoms with van der Waals surface area (Å²) in [5, 5.41) is 12.9. The molecule has 0 bridgehead atoms. The summed E-state index contributed by atoms with van der Waals surface area (Å²) in [5.74, 6) is 0.441. The third-order valence-corrected chi connectivity index (χ3v) is 4.84. The standard InChI is InChI=1S/C14H16N2O3S/c1-19-8-3-2-4-9-10(8)11(15)12(20-9)13(18)16-14(7-17)5-6-14/h2-4,17H,5-7,15H2,1H3,(H,16,18). The Morgan fingerprint density at radius 3 is 2.90 bits per heavy atom. The number of rotatable bonds is 4. The van der Waals surface area contributed by atoms with Gasteiger partial charge in [-0.15, -0.1) is 11.3 Å². The van der Waals surface area contributed by atoms with Gasteiger partial charge in [0.15, 0.2) is 0 Å². The number of carbonyl (C=O) groups is 1. The van der Waals surface area contributed by atoms with Gasteiger partial charge in [0.25, 0.3) is 5.91 Å². The zero-order valence-corrected chi connectivity index (χ0v) is 11.9. The molecule has 1 amide bonds. The Balaban J connectivity index is 2.00. The van der Waals surface area contributed by atoms with Gasteiger partial charge in [-0.3, -0.25) is 4.79 Å². The molecule has 1 aliphatic rings. The second kappa shape index (κ2) is 4.64. The van der Waals surface area contributed by atoms with Gasteiger partial charge in [0.1, 0.15) is 10.6 Å². The van der Waals surface area contributed by atoms with E-state index >= 15 is 0 Å². The van der Waals surface area contributed by atoms with Crippen molar-refractivity contribution >= 4 is 33.0 Å². The van der Waals surface area contributed by atoms with Crippen molar-refractivity contribution in [1.82, 2.24) is 5.32 Å². The number of fused-ring (bicyclic) bond motifs is 1. The zero-order valence-electron chi connectivity index (χ0n) is 11.1. The van der Waals surface area contributed by atoms with E-state index in [1.54, 1.807) is 7.11 Å². The fourth-order valence-electron chi connectivity index (χ4n) is 2.25. The normalized spacial score (nSPS) is 16.1. The fourth-order valence-corrected chi connectivity index (χ4v) is 3.28. The summed E-state index contributed by atoms with van der Waals surface area (Å²) in [5.41, 5.74) is 6.10. The second-order valence-corrected chi connectivity index (χ2v) is 6.12. The number of anilines is 1. The number of nitrogens with one attached hydrogen (secondary N) is 1. The van der Waals surface area contributed by atoms with Gasteiger partial charge in [0.2, 0.25) is 0 Å². The maximum Gasteiger partial charge on any atom is 0.264 e. The maximum atomic E-state index is 12.3. The first kappa shape index (κ1) is 13.2. The highest BCUT2D eigenvalue weighted by Crippen LogP contribution is 2.41. The number of hydrogen-bond donors (Lipinski definition) is 3. The van der Waals surface area contributed by atoms with E-state index in [0.717, 1.165) is 22.9 Å². The highest BCUT2D eigenvalue weighted by atomic mass is 32.1. The third kappa shape index (κ3) is 2.01. The molecule has 106 valence electrons. The molecule has 1 saturated carbocycles. The van der Waals surface area contributed by atoms with Gasteiger partial charge in [-0.2, -0.15) is 0 Å². The van der Waals surface area contributed by atoms with Crippen LogP contribution >= 0.6 is 11.3 Å². The first-order valence-electron chi connectivity index (χ1n) is 6.38. The van der Waals surface area contributed by atoms with Gasteiger partial charge in [0.05, 0.1) is 30.3 Å². The summed E-state index contributed by atoms with van der Waals surface area (Å²) in [4.78, 5) is 12.8. The van der Waals surface area contributed by atoms with Crippen molar-refractivity contribution in [3.05, 3.63) is 23.1 Å². The van der Waals surface area contributed by atoms with E-state index in [-0.39, 0.29) is 12.5 Å². The van der Waals surface area contributed by atoms with Crippen LogP contribution in [0.4, 0.5) is 5.69 Å². The van der Waals surface area contributed by atoms with Crippen molar-refractivity contribution in [3.8, 4) is 5.75 Å². The summed E-state index contributed by atoms with van der Waals surface area (Å²) in [7, 11) is 1.58. The molecule has 1 heterocycles. The van der Waals surface area contributed by atoms with E-state index in [1.807, 2.05) is 18.2 Å². The quantitative estimate of drug-likeness (QED) is 0.801. The lowest BCUT2D eigenvalue weighted by Gasteiger charge is -2.13. The summed E-state index contributed by atoms with van der Waals surface area (Å²) in [6.45, 7) is -0.0349. The average molecular weight is 292 g/mol. The lowest BCUT2D eigenvalue weighted by Crippen LogP contribution is -2.39. The highest BCUT2D eigenvalue weighted by molar-refractivity contribution is 7.21. The monoisotopic (exact) mass is 292 g/mol. The molecule has 1 aromatic heterocycles. The van der Waals surface area contributed by atoms with Crippen LogP contribution in [0.1, 0.15) is 22.5 Å². The van der Waals surface area contributed by atoms with Crippen LogP contribution in [0.25, 0.3) is 10.1 Å². The van der Waals surface area contributed by atoms with Gasteiger partial charge in [0, 0.05) is 4.70 Å². The van der Waals surface area contributed by atoms with Crippen molar-refractivity contribution in [2.45, 2.75) is 18.4 Å². The van der Waals surface area contributed by atoms with Crippen LogP contribution in [-0.4, -0.2) is 30.3 Å². The molecular formula is C14H16N2O3S. The van der Waals surface area contributed by atoms with Crippen LogP contribution in [0.5, 0.6) is 5.75 Å². The summed E-state index contributed by atoms with van der Waals surface area (Å²) >= 11 is 1.34. The second-order valence-electron chi connectivity index (χ2n) is 5.07. The molecule has 0 atom stereocenters. The molecule has 0 spiro atoms. The van der Waals surface area contributed by atoms with E-state index in [1.165, 1.54) is 11.3 Å². The molecule has 5 nitrogen and oxygen atoms in total. The van der Waals surface area contributed by atoms with E-state index in [2.05, 4.69) is 5.32 Å². The Kier molecular flexibility index (Phi) is 3.07. The van der Waals surface area contributed by atoms with Crippen LogP contribution in [0.15, 0.2) is 18.2 Å². The molecule has 1 aliphatic carbocycles. The van der Waals surface area contributed by atoms with Crippen LogP contribution in [0.3, 0.4) is 0 Å². The molecule has 1 fully saturated rings. The number of thiophene rings is 1. The van der Waals surface area contributed by atoms with Crippen molar-refractivity contribution in [2.24, 2.45) is 0 Å². The number of amides is 1. The first-order valence-corrected chi connectivity index (χ1v) is 7.20. The topological polar surface area (TPSA) is 84.6 Å². The fraction of sp³-hybridized carbons (Fsp3) is 0.357. The average Bonchev–Trinajstić information content (AvgIpc) is 3.15.